The summed E-state index contributed by atoms with van der Waals surface area (Å²) >= 11 is 0. The lowest BCUT2D eigenvalue weighted by Gasteiger charge is -2.25. The molecule has 0 aliphatic heterocycles. The number of primary sulfonamides is 1. The van der Waals surface area contributed by atoms with Crippen LogP contribution in [0.2, 0.25) is 0 Å². The third-order valence-electron chi connectivity index (χ3n) is 2.97. The van der Waals surface area contributed by atoms with Crippen molar-refractivity contribution in [2.24, 2.45) is 5.14 Å². The lowest BCUT2D eigenvalue weighted by Crippen LogP contribution is -2.43. The number of aryl methyl sites for hydroxylation is 1. The molecule has 1 heterocycles. The molecule has 4 N–H and O–H groups in total. The first-order chi connectivity index (χ1) is 9.12. The Morgan fingerprint density at radius 3 is 2.45 bits per heavy atom. The number of amides is 1. The molecule has 0 aliphatic carbocycles. The smallest absolute Gasteiger partial charge is 0.273 e. The van der Waals surface area contributed by atoms with Crippen LogP contribution in [-0.2, 0) is 16.4 Å². The van der Waals surface area contributed by atoms with Crippen LogP contribution in [-0.4, -0.2) is 30.1 Å². The van der Waals surface area contributed by atoms with Crippen LogP contribution in [0.3, 0.4) is 0 Å². The summed E-state index contributed by atoms with van der Waals surface area (Å²) in [5.74, 6) is -0.538. The van der Waals surface area contributed by atoms with Gasteiger partial charge in [0.05, 0.1) is 5.69 Å². The highest BCUT2D eigenvalue weighted by atomic mass is 32.2. The Kier molecular flexibility index (Phi) is 4.93. The molecule has 0 saturated carbocycles. The molecule has 114 valence electrons. The van der Waals surface area contributed by atoms with Crippen LogP contribution in [0.25, 0.3) is 0 Å². The summed E-state index contributed by atoms with van der Waals surface area (Å²) < 4.78 is 23.3. The highest BCUT2D eigenvalue weighted by molar-refractivity contribution is 7.89. The maximum absolute atomic E-state index is 12.2. The van der Waals surface area contributed by atoms with Crippen LogP contribution in [0, 0.1) is 0 Å². The van der Waals surface area contributed by atoms with Crippen molar-refractivity contribution >= 4 is 15.9 Å². The molecule has 7 nitrogen and oxygen atoms in total. The van der Waals surface area contributed by atoms with E-state index in [0.717, 1.165) is 12.8 Å². The predicted molar refractivity (Wildman–Crippen MR) is 75.8 cm³/mol. The monoisotopic (exact) mass is 302 g/mol. The third kappa shape index (κ3) is 3.80. The topological polar surface area (TPSA) is 118 Å². The Balaban J connectivity index is 3.15. The van der Waals surface area contributed by atoms with E-state index in [9.17, 15) is 13.2 Å². The Bertz CT molecular complexity index is 590. The van der Waals surface area contributed by atoms with Gasteiger partial charge in [0.1, 0.15) is 4.90 Å². The van der Waals surface area contributed by atoms with Gasteiger partial charge in [0, 0.05) is 5.54 Å². The van der Waals surface area contributed by atoms with Crippen LogP contribution in [0.15, 0.2) is 4.90 Å². The SMILES string of the molecule is CCCC(C)(C)NC(=O)c1n[nH]c(CC)c1S(N)(=O)=O. The van der Waals surface area contributed by atoms with Gasteiger partial charge in [-0.2, -0.15) is 5.10 Å². The number of H-pyrrole nitrogens is 1. The Morgan fingerprint density at radius 1 is 1.40 bits per heavy atom. The highest BCUT2D eigenvalue weighted by Gasteiger charge is 2.29. The van der Waals surface area contributed by atoms with Gasteiger partial charge < -0.3 is 5.32 Å². The zero-order valence-corrected chi connectivity index (χ0v) is 13.1. The maximum Gasteiger partial charge on any atom is 0.273 e. The second kappa shape index (κ2) is 5.92. The van der Waals surface area contributed by atoms with Crippen molar-refractivity contribution in [3.05, 3.63) is 11.4 Å². The van der Waals surface area contributed by atoms with E-state index < -0.39 is 21.5 Å². The molecule has 1 aromatic heterocycles. The second-order valence-corrected chi connectivity index (χ2v) is 6.86. The van der Waals surface area contributed by atoms with Crippen molar-refractivity contribution in [1.82, 2.24) is 15.5 Å². The number of hydrogen-bond donors (Lipinski definition) is 3. The Hall–Kier alpha value is -1.41. The van der Waals surface area contributed by atoms with E-state index in [2.05, 4.69) is 15.5 Å². The number of nitrogens with one attached hydrogen (secondary N) is 2. The molecular weight excluding hydrogens is 280 g/mol. The van der Waals surface area contributed by atoms with E-state index in [1.54, 1.807) is 6.92 Å². The summed E-state index contributed by atoms with van der Waals surface area (Å²) in [6.07, 6.45) is 2.06. The minimum Gasteiger partial charge on any atom is -0.346 e. The van der Waals surface area contributed by atoms with E-state index >= 15 is 0 Å². The molecule has 1 amide bonds. The fourth-order valence-electron chi connectivity index (χ4n) is 2.12. The van der Waals surface area contributed by atoms with Gasteiger partial charge in [-0.05, 0) is 26.7 Å². The predicted octanol–water partition coefficient (Wildman–Crippen LogP) is 0.928. The molecule has 1 aromatic rings. The Labute approximate surface area is 119 Å². The van der Waals surface area contributed by atoms with Crippen molar-refractivity contribution in [3.8, 4) is 0 Å². The minimum atomic E-state index is -4.00. The first-order valence-corrected chi connectivity index (χ1v) is 8.09. The fraction of sp³-hybridized carbons (Fsp3) is 0.667. The Morgan fingerprint density at radius 2 is 2.00 bits per heavy atom. The summed E-state index contributed by atoms with van der Waals surface area (Å²) in [5.41, 5.74) is -0.272. The van der Waals surface area contributed by atoms with Gasteiger partial charge >= 0.3 is 0 Å². The number of sulfonamides is 1. The number of aromatic amines is 1. The number of aromatic nitrogens is 2. The third-order valence-corrected chi connectivity index (χ3v) is 3.98. The highest BCUT2D eigenvalue weighted by Crippen LogP contribution is 2.19. The average Bonchev–Trinajstić information content (AvgIpc) is 2.71. The number of nitrogens with zero attached hydrogens (tertiary/aromatic N) is 1. The van der Waals surface area contributed by atoms with Crippen LogP contribution < -0.4 is 10.5 Å². The summed E-state index contributed by atoms with van der Waals surface area (Å²) in [6, 6.07) is 0. The zero-order valence-electron chi connectivity index (χ0n) is 12.3. The normalized spacial score (nSPS) is 12.4. The van der Waals surface area contributed by atoms with Gasteiger partial charge in [0.2, 0.25) is 10.0 Å². The molecule has 0 aromatic carbocycles. The van der Waals surface area contributed by atoms with E-state index in [4.69, 9.17) is 5.14 Å². The van der Waals surface area contributed by atoms with Gasteiger partial charge in [-0.3, -0.25) is 9.89 Å². The van der Waals surface area contributed by atoms with E-state index in [0.29, 0.717) is 12.1 Å². The standard InChI is InChI=1S/C12H22N4O3S/c1-5-7-12(3,4)14-11(17)9-10(20(13,18)19)8(6-2)15-16-9/h5-7H2,1-4H3,(H,14,17)(H,15,16)(H2,13,18,19). The molecule has 0 bridgehead atoms. The number of hydrogen-bond acceptors (Lipinski definition) is 4. The van der Waals surface area contributed by atoms with Crippen molar-refractivity contribution in [3.63, 3.8) is 0 Å². The maximum atomic E-state index is 12.2. The van der Waals surface area contributed by atoms with Crippen LogP contribution >= 0.6 is 0 Å². The molecule has 8 heteroatoms. The average molecular weight is 302 g/mol. The molecule has 0 spiro atoms. The lowest BCUT2D eigenvalue weighted by molar-refractivity contribution is 0.0900. The summed E-state index contributed by atoms with van der Waals surface area (Å²) in [6.45, 7) is 7.51. The van der Waals surface area contributed by atoms with Gasteiger partial charge in [0.15, 0.2) is 5.69 Å². The van der Waals surface area contributed by atoms with E-state index in [-0.39, 0.29) is 10.6 Å². The molecule has 0 aliphatic rings. The molecule has 20 heavy (non-hydrogen) atoms. The van der Waals surface area contributed by atoms with E-state index in [1.807, 2.05) is 20.8 Å². The fourth-order valence-corrected chi connectivity index (χ4v) is 3.06. The molecule has 0 atom stereocenters. The summed E-state index contributed by atoms with van der Waals surface area (Å²) in [5, 5.41) is 14.3. The zero-order chi connectivity index (χ0) is 15.6. The van der Waals surface area contributed by atoms with Crippen molar-refractivity contribution in [2.75, 3.05) is 0 Å². The molecular formula is C12H22N4O3S. The molecule has 0 fully saturated rings. The summed E-state index contributed by atoms with van der Waals surface area (Å²) in [4.78, 5) is 12.0. The van der Waals surface area contributed by atoms with Gasteiger partial charge in [-0.25, -0.2) is 13.6 Å². The number of nitrogens with two attached hydrogens (primary N) is 1. The number of rotatable bonds is 6. The molecule has 1 rings (SSSR count). The second-order valence-electron chi connectivity index (χ2n) is 5.37. The number of carbonyl (C=O) groups is 1. The minimum absolute atomic E-state index is 0.173. The van der Waals surface area contributed by atoms with Crippen LogP contribution in [0.4, 0.5) is 0 Å². The van der Waals surface area contributed by atoms with Crippen LogP contribution in [0.1, 0.15) is 56.7 Å². The molecule has 0 radical (unpaired) electrons. The van der Waals surface area contributed by atoms with Crippen LogP contribution in [0.5, 0.6) is 0 Å². The quantitative estimate of drug-likeness (QED) is 0.724. The largest absolute Gasteiger partial charge is 0.346 e. The van der Waals surface area contributed by atoms with Gasteiger partial charge in [0.25, 0.3) is 5.91 Å². The first-order valence-electron chi connectivity index (χ1n) is 6.55. The lowest BCUT2D eigenvalue weighted by atomic mass is 9.99. The number of carbonyl (C=O) groups excluding carboxylic acids is 1. The molecule has 0 unspecified atom stereocenters. The first kappa shape index (κ1) is 16.6. The van der Waals surface area contributed by atoms with Crippen molar-refractivity contribution < 1.29 is 13.2 Å². The van der Waals surface area contributed by atoms with E-state index in [1.165, 1.54) is 0 Å². The van der Waals surface area contributed by atoms with Gasteiger partial charge in [-0.1, -0.05) is 20.3 Å². The van der Waals surface area contributed by atoms with Crippen molar-refractivity contribution in [2.45, 2.75) is 57.4 Å². The summed E-state index contributed by atoms with van der Waals surface area (Å²) in [7, 11) is -4.00. The van der Waals surface area contributed by atoms with Gasteiger partial charge in [-0.15, -0.1) is 0 Å². The van der Waals surface area contributed by atoms with Crippen molar-refractivity contribution in [1.29, 1.82) is 0 Å². The molecule has 0 saturated heterocycles.